The van der Waals surface area contributed by atoms with Crippen molar-refractivity contribution in [2.24, 2.45) is 0 Å². The van der Waals surface area contributed by atoms with Gasteiger partial charge in [-0.05, 0) is 49.3 Å². The summed E-state index contributed by atoms with van der Waals surface area (Å²) in [7, 11) is 0. The Morgan fingerprint density at radius 3 is 2.39 bits per heavy atom. The summed E-state index contributed by atoms with van der Waals surface area (Å²) in [6.07, 6.45) is 1.13. The van der Waals surface area contributed by atoms with Gasteiger partial charge in [0, 0.05) is 37.1 Å². The predicted octanol–water partition coefficient (Wildman–Crippen LogP) is 4.47. The molecule has 4 rings (SSSR count). The monoisotopic (exact) mass is 390 g/mol. The van der Waals surface area contributed by atoms with Crippen LogP contribution in [0.1, 0.15) is 23.1 Å². The number of benzene rings is 2. The number of nitriles is 1. The fraction of sp³-hybridized carbons (Fsp3) is 0.304. The fourth-order valence-electron chi connectivity index (χ4n) is 3.77. The first-order valence-electron chi connectivity index (χ1n) is 9.69. The van der Waals surface area contributed by atoms with Gasteiger partial charge >= 0.3 is 0 Å². The number of rotatable bonds is 4. The SMILES string of the molecule is N#Cc1ccc(CN2CCCN(Cc3cc4ccccc4nc3Cl)CC2)cc1. The molecule has 0 atom stereocenters. The Kier molecular flexibility index (Phi) is 5.87. The molecular formula is C23H23ClN4. The largest absolute Gasteiger partial charge is 0.298 e. The molecule has 1 fully saturated rings. The number of fused-ring (bicyclic) bond motifs is 1. The van der Waals surface area contributed by atoms with Crippen molar-refractivity contribution < 1.29 is 0 Å². The first-order valence-corrected chi connectivity index (χ1v) is 10.1. The van der Waals surface area contributed by atoms with Crippen LogP contribution in [0.5, 0.6) is 0 Å². The number of aromatic nitrogens is 1. The smallest absolute Gasteiger partial charge is 0.134 e. The third-order valence-electron chi connectivity index (χ3n) is 5.31. The molecule has 0 N–H and O–H groups in total. The van der Waals surface area contributed by atoms with Crippen molar-refractivity contribution in [2.75, 3.05) is 26.2 Å². The lowest BCUT2D eigenvalue weighted by atomic mass is 10.1. The van der Waals surface area contributed by atoms with Gasteiger partial charge in [0.25, 0.3) is 0 Å². The summed E-state index contributed by atoms with van der Waals surface area (Å²) >= 11 is 6.45. The van der Waals surface area contributed by atoms with Crippen molar-refractivity contribution in [2.45, 2.75) is 19.5 Å². The van der Waals surface area contributed by atoms with E-state index >= 15 is 0 Å². The summed E-state index contributed by atoms with van der Waals surface area (Å²) in [6, 6.07) is 20.4. The minimum absolute atomic E-state index is 0.609. The van der Waals surface area contributed by atoms with E-state index in [1.165, 1.54) is 5.56 Å². The van der Waals surface area contributed by atoms with E-state index in [-0.39, 0.29) is 0 Å². The van der Waals surface area contributed by atoms with E-state index in [9.17, 15) is 0 Å². The van der Waals surface area contributed by atoms with Crippen LogP contribution in [0.15, 0.2) is 54.6 Å². The van der Waals surface area contributed by atoms with E-state index < -0.39 is 0 Å². The van der Waals surface area contributed by atoms with Crippen molar-refractivity contribution in [3.05, 3.63) is 76.4 Å². The zero-order valence-corrected chi connectivity index (χ0v) is 16.6. The minimum atomic E-state index is 0.609. The Hall–Kier alpha value is -2.45. The van der Waals surface area contributed by atoms with Gasteiger partial charge in [0.05, 0.1) is 17.1 Å². The van der Waals surface area contributed by atoms with E-state index in [4.69, 9.17) is 16.9 Å². The number of hydrogen-bond acceptors (Lipinski definition) is 4. The van der Waals surface area contributed by atoms with Gasteiger partial charge in [0.2, 0.25) is 0 Å². The molecule has 28 heavy (non-hydrogen) atoms. The Morgan fingerprint density at radius 1 is 0.929 bits per heavy atom. The number of halogens is 1. The molecule has 0 aliphatic carbocycles. The van der Waals surface area contributed by atoms with Crippen molar-refractivity contribution in [3.8, 4) is 6.07 Å². The lowest BCUT2D eigenvalue weighted by Gasteiger charge is -2.22. The summed E-state index contributed by atoms with van der Waals surface area (Å²) in [4.78, 5) is 9.51. The highest BCUT2D eigenvalue weighted by molar-refractivity contribution is 6.30. The van der Waals surface area contributed by atoms with Gasteiger partial charge in [0.15, 0.2) is 0 Å². The topological polar surface area (TPSA) is 43.2 Å². The first-order chi connectivity index (χ1) is 13.7. The van der Waals surface area contributed by atoms with Gasteiger partial charge in [-0.15, -0.1) is 0 Å². The summed E-state index contributed by atoms with van der Waals surface area (Å²) in [5.74, 6) is 0. The van der Waals surface area contributed by atoms with Gasteiger partial charge < -0.3 is 0 Å². The maximum atomic E-state index is 8.94. The van der Waals surface area contributed by atoms with E-state index in [0.717, 1.165) is 62.2 Å². The fourth-order valence-corrected chi connectivity index (χ4v) is 3.98. The highest BCUT2D eigenvalue weighted by Gasteiger charge is 2.17. The molecule has 1 aromatic heterocycles. The summed E-state index contributed by atoms with van der Waals surface area (Å²) < 4.78 is 0. The molecule has 0 bridgehead atoms. The molecule has 2 aromatic carbocycles. The highest BCUT2D eigenvalue weighted by atomic mass is 35.5. The highest BCUT2D eigenvalue weighted by Crippen LogP contribution is 2.22. The number of para-hydroxylation sites is 1. The van der Waals surface area contributed by atoms with Crippen molar-refractivity contribution in [1.29, 1.82) is 5.26 Å². The predicted molar refractivity (Wildman–Crippen MR) is 113 cm³/mol. The second-order valence-corrected chi connectivity index (χ2v) is 7.70. The summed E-state index contributed by atoms with van der Waals surface area (Å²) in [6.45, 7) is 5.95. The number of hydrogen-bond donors (Lipinski definition) is 0. The Morgan fingerprint density at radius 2 is 1.64 bits per heavy atom. The molecule has 0 radical (unpaired) electrons. The molecule has 0 spiro atoms. The number of pyridine rings is 1. The maximum absolute atomic E-state index is 8.94. The Balaban J connectivity index is 1.38. The van der Waals surface area contributed by atoms with Crippen molar-refractivity contribution in [1.82, 2.24) is 14.8 Å². The van der Waals surface area contributed by atoms with Crippen LogP contribution >= 0.6 is 11.6 Å². The van der Waals surface area contributed by atoms with Crippen LogP contribution in [-0.4, -0.2) is 41.0 Å². The first kappa shape index (κ1) is 18.9. The lowest BCUT2D eigenvalue weighted by molar-refractivity contribution is 0.247. The zero-order valence-electron chi connectivity index (χ0n) is 15.8. The molecule has 0 unspecified atom stereocenters. The molecule has 2 heterocycles. The molecule has 1 aliphatic heterocycles. The van der Waals surface area contributed by atoms with Crippen molar-refractivity contribution in [3.63, 3.8) is 0 Å². The Bertz CT molecular complexity index is 994. The van der Waals surface area contributed by atoms with E-state index in [0.29, 0.717) is 10.7 Å². The molecule has 1 saturated heterocycles. The van der Waals surface area contributed by atoms with Crippen LogP contribution in [0, 0.1) is 11.3 Å². The van der Waals surface area contributed by atoms with Crippen LogP contribution in [-0.2, 0) is 13.1 Å². The molecule has 4 nitrogen and oxygen atoms in total. The van der Waals surface area contributed by atoms with Gasteiger partial charge in [-0.2, -0.15) is 5.26 Å². The van der Waals surface area contributed by atoms with E-state index in [1.807, 2.05) is 30.3 Å². The van der Waals surface area contributed by atoms with Gasteiger partial charge in [0.1, 0.15) is 5.15 Å². The molecule has 3 aromatic rings. The van der Waals surface area contributed by atoms with E-state index in [2.05, 4.69) is 45.1 Å². The molecule has 5 heteroatoms. The molecule has 1 aliphatic rings. The summed E-state index contributed by atoms with van der Waals surface area (Å²) in [5, 5.41) is 10.7. The van der Waals surface area contributed by atoms with Crippen LogP contribution in [0.3, 0.4) is 0 Å². The van der Waals surface area contributed by atoms with Gasteiger partial charge in [-0.1, -0.05) is 41.9 Å². The van der Waals surface area contributed by atoms with E-state index in [1.54, 1.807) is 0 Å². The van der Waals surface area contributed by atoms with Gasteiger partial charge in [-0.25, -0.2) is 4.98 Å². The zero-order chi connectivity index (χ0) is 19.3. The molecule has 142 valence electrons. The average molecular weight is 391 g/mol. The third-order valence-corrected chi connectivity index (χ3v) is 5.64. The summed E-state index contributed by atoms with van der Waals surface area (Å²) in [5.41, 5.74) is 4.02. The van der Waals surface area contributed by atoms with Crippen LogP contribution < -0.4 is 0 Å². The quantitative estimate of drug-likeness (QED) is 0.616. The lowest BCUT2D eigenvalue weighted by Crippen LogP contribution is -2.30. The number of nitrogens with zero attached hydrogens (tertiary/aromatic N) is 4. The van der Waals surface area contributed by atoms with Crippen LogP contribution in [0.25, 0.3) is 10.9 Å². The molecular weight excluding hydrogens is 368 g/mol. The second kappa shape index (κ2) is 8.70. The van der Waals surface area contributed by atoms with Crippen LogP contribution in [0.4, 0.5) is 0 Å². The average Bonchev–Trinajstić information content (AvgIpc) is 2.94. The Labute approximate surface area is 171 Å². The van der Waals surface area contributed by atoms with Crippen molar-refractivity contribution >= 4 is 22.5 Å². The minimum Gasteiger partial charge on any atom is -0.298 e. The normalized spacial score (nSPS) is 16.0. The molecule has 0 amide bonds. The van der Waals surface area contributed by atoms with Gasteiger partial charge in [-0.3, -0.25) is 9.80 Å². The third kappa shape index (κ3) is 4.51. The second-order valence-electron chi connectivity index (χ2n) is 7.35. The maximum Gasteiger partial charge on any atom is 0.134 e. The molecule has 0 saturated carbocycles. The standard InChI is InChI=1S/C23H23ClN4/c24-23-21(14-20-4-1-2-5-22(20)26-23)17-28-11-3-10-27(12-13-28)16-19-8-6-18(15-25)7-9-19/h1-2,4-9,14H,3,10-13,16-17H2. The van der Waals surface area contributed by atoms with Crippen LogP contribution in [0.2, 0.25) is 5.15 Å².